The van der Waals surface area contributed by atoms with E-state index in [0.29, 0.717) is 17.9 Å². The zero-order chi connectivity index (χ0) is 35.0. The highest BCUT2D eigenvalue weighted by Crippen LogP contribution is 2.29. The van der Waals surface area contributed by atoms with Gasteiger partial charge in [0, 0.05) is 43.8 Å². The van der Waals surface area contributed by atoms with Crippen LogP contribution in [0.3, 0.4) is 0 Å². The van der Waals surface area contributed by atoms with Gasteiger partial charge in [-0.05, 0) is 51.4 Å². The molecule has 15 heteroatoms. The average Bonchev–Trinajstić information content (AvgIpc) is 3.38. The molecule has 258 valence electrons. The predicted octanol–water partition coefficient (Wildman–Crippen LogP) is 2.50. The highest BCUT2D eigenvalue weighted by Gasteiger charge is 2.51. The van der Waals surface area contributed by atoms with E-state index in [0.717, 1.165) is 24.8 Å². The molecular formula is C33H39N3O12. The van der Waals surface area contributed by atoms with Crippen molar-refractivity contribution in [3.8, 4) is 5.75 Å². The lowest BCUT2D eigenvalue weighted by atomic mass is 9.99. The zero-order valence-corrected chi connectivity index (χ0v) is 27.5. The molecule has 0 saturated carbocycles. The second kappa shape index (κ2) is 16.2. The molecule has 5 atom stereocenters. The van der Waals surface area contributed by atoms with Crippen LogP contribution in [0.15, 0.2) is 52.9 Å². The van der Waals surface area contributed by atoms with Gasteiger partial charge in [0.2, 0.25) is 6.29 Å². The number of carbonyl (C=O) groups is 5. The fourth-order valence-corrected chi connectivity index (χ4v) is 5.11. The summed E-state index contributed by atoms with van der Waals surface area (Å²) in [6, 6.07) is 13.6. The van der Waals surface area contributed by atoms with Crippen LogP contribution in [0, 0.1) is 0 Å². The third-order valence-corrected chi connectivity index (χ3v) is 7.05. The van der Waals surface area contributed by atoms with Gasteiger partial charge in [0.25, 0.3) is 11.8 Å². The van der Waals surface area contributed by atoms with E-state index < -0.39 is 54.5 Å². The van der Waals surface area contributed by atoms with E-state index >= 15 is 0 Å². The number of para-hydroxylation sites is 1. The van der Waals surface area contributed by atoms with Crippen LogP contribution >= 0.6 is 0 Å². The number of amides is 2. The Kier molecular flexibility index (Phi) is 12.1. The third-order valence-electron chi connectivity index (χ3n) is 7.05. The van der Waals surface area contributed by atoms with E-state index in [9.17, 15) is 24.0 Å². The molecule has 0 bridgehead atoms. The van der Waals surface area contributed by atoms with E-state index in [1.54, 1.807) is 12.1 Å². The summed E-state index contributed by atoms with van der Waals surface area (Å²) < 4.78 is 33.2. The van der Waals surface area contributed by atoms with Gasteiger partial charge < -0.3 is 38.3 Å². The fourth-order valence-electron chi connectivity index (χ4n) is 5.11. The van der Waals surface area contributed by atoms with E-state index in [4.69, 9.17) is 32.9 Å². The summed E-state index contributed by atoms with van der Waals surface area (Å²) in [6.07, 6.45) is -6.05. The number of nitrogens with one attached hydrogen (secondary N) is 2. The normalized spacial score (nSPS) is 20.5. The topological polar surface area (TPSA) is 181 Å². The minimum Gasteiger partial charge on any atom is -0.492 e. The molecule has 2 heterocycles. The molecule has 1 aliphatic heterocycles. The van der Waals surface area contributed by atoms with Crippen LogP contribution in [0.5, 0.6) is 5.75 Å². The van der Waals surface area contributed by atoms with Gasteiger partial charge in [-0.25, -0.2) is 10.3 Å². The number of fused-ring (bicyclic) bond motifs is 1. The lowest BCUT2D eigenvalue weighted by Gasteiger charge is -2.42. The Labute approximate surface area is 276 Å². The van der Waals surface area contributed by atoms with Crippen molar-refractivity contribution in [3.05, 3.63) is 65.4 Å². The molecule has 15 nitrogen and oxygen atoms in total. The first-order valence-electron chi connectivity index (χ1n) is 15.1. The van der Waals surface area contributed by atoms with Crippen LogP contribution in [-0.2, 0) is 44.7 Å². The number of carbonyl (C=O) groups excluding carboxylic acids is 5. The lowest BCUT2D eigenvalue weighted by molar-refractivity contribution is -0.310. The number of hydroxylamine groups is 1. The number of hydrogen-bond donors (Lipinski definition) is 2. The maximum atomic E-state index is 12.9. The van der Waals surface area contributed by atoms with Crippen molar-refractivity contribution in [1.29, 1.82) is 0 Å². The second-order valence-electron chi connectivity index (χ2n) is 11.3. The average molecular weight is 670 g/mol. The maximum absolute atomic E-state index is 12.9. The van der Waals surface area contributed by atoms with Crippen molar-refractivity contribution in [2.24, 2.45) is 0 Å². The SMILES string of the molecule is CC(=O)O[C@H]1[C@H](OC(C)=O)[C@H](ONC(=O)c2ccc(OCCNC(=O)c3oc4ccccc4c3CN(C)C)cc2)O[C@@H](C)[C@H]1OC(C)=O. The number of furan rings is 1. The first kappa shape index (κ1) is 35.9. The molecule has 3 aromatic rings. The molecule has 0 unspecified atom stereocenters. The summed E-state index contributed by atoms with van der Waals surface area (Å²) in [6.45, 7) is 5.85. The largest absolute Gasteiger partial charge is 0.492 e. The Morgan fingerprint density at radius 1 is 0.812 bits per heavy atom. The number of hydrogen-bond acceptors (Lipinski definition) is 13. The number of nitrogens with zero attached hydrogens (tertiary/aromatic N) is 1. The summed E-state index contributed by atoms with van der Waals surface area (Å²) in [4.78, 5) is 68.5. The van der Waals surface area contributed by atoms with Gasteiger partial charge >= 0.3 is 17.9 Å². The zero-order valence-electron chi connectivity index (χ0n) is 27.5. The van der Waals surface area contributed by atoms with Gasteiger partial charge in [-0.2, -0.15) is 0 Å². The maximum Gasteiger partial charge on any atom is 0.303 e. The Balaban J connectivity index is 1.31. The molecule has 1 saturated heterocycles. The van der Waals surface area contributed by atoms with E-state index in [-0.39, 0.29) is 30.4 Å². The molecule has 1 fully saturated rings. The smallest absolute Gasteiger partial charge is 0.303 e. The standard InChI is InChI=1S/C33H39N3O12/c1-18-27(44-19(2)37)29(45-20(3)38)30(46-21(4)39)33(43-18)48-35-31(40)22-11-13-23(14-12-22)42-16-15-34-32(41)28-25(17-36(5)6)24-9-7-8-10-26(24)47-28/h7-14,18,27,29-30,33H,15-17H2,1-6H3,(H,34,41)(H,35,40)/t18-,27+,29+,30-,33-/m0/s1. The van der Waals surface area contributed by atoms with Gasteiger partial charge in [0.15, 0.2) is 24.1 Å². The van der Waals surface area contributed by atoms with Crippen molar-refractivity contribution in [2.75, 3.05) is 27.2 Å². The van der Waals surface area contributed by atoms with Gasteiger partial charge in [-0.15, -0.1) is 0 Å². The molecular weight excluding hydrogens is 630 g/mol. The fraction of sp³-hybridized carbons (Fsp3) is 0.424. The van der Waals surface area contributed by atoms with Crippen molar-refractivity contribution in [3.63, 3.8) is 0 Å². The van der Waals surface area contributed by atoms with E-state index in [1.165, 1.54) is 26.0 Å². The highest BCUT2D eigenvalue weighted by molar-refractivity contribution is 5.99. The Bertz CT molecular complexity index is 1620. The molecule has 2 N–H and O–H groups in total. The summed E-state index contributed by atoms with van der Waals surface area (Å²) in [7, 11) is 3.83. The predicted molar refractivity (Wildman–Crippen MR) is 167 cm³/mol. The summed E-state index contributed by atoms with van der Waals surface area (Å²) in [5.74, 6) is -2.48. The second-order valence-corrected chi connectivity index (χ2v) is 11.3. The van der Waals surface area contributed by atoms with Gasteiger partial charge in [0.1, 0.15) is 17.9 Å². The van der Waals surface area contributed by atoms with Crippen LogP contribution in [0.2, 0.25) is 0 Å². The Morgan fingerprint density at radius 2 is 1.44 bits per heavy atom. The molecule has 4 rings (SSSR count). The highest BCUT2D eigenvalue weighted by atomic mass is 16.8. The number of ether oxygens (including phenoxy) is 5. The summed E-state index contributed by atoms with van der Waals surface area (Å²) in [5.41, 5.74) is 3.87. The first-order chi connectivity index (χ1) is 22.8. The lowest BCUT2D eigenvalue weighted by Crippen LogP contribution is -2.62. The Hall–Kier alpha value is -4.99. The first-order valence-corrected chi connectivity index (χ1v) is 15.1. The molecule has 1 aromatic heterocycles. The van der Waals surface area contributed by atoms with Crippen molar-refractivity contribution in [1.82, 2.24) is 15.7 Å². The van der Waals surface area contributed by atoms with Gasteiger partial charge in [-0.1, -0.05) is 18.2 Å². The minimum atomic E-state index is -1.42. The van der Waals surface area contributed by atoms with Crippen molar-refractivity contribution in [2.45, 2.75) is 64.9 Å². The molecule has 2 amide bonds. The molecule has 2 aromatic carbocycles. The van der Waals surface area contributed by atoms with Crippen LogP contribution in [0.4, 0.5) is 0 Å². The third kappa shape index (κ3) is 9.30. The van der Waals surface area contributed by atoms with Crippen molar-refractivity contribution >= 4 is 40.7 Å². The number of rotatable bonds is 13. The Morgan fingerprint density at radius 3 is 2.08 bits per heavy atom. The number of benzene rings is 2. The van der Waals surface area contributed by atoms with Gasteiger partial charge in [0.05, 0.1) is 12.6 Å². The van der Waals surface area contributed by atoms with Crippen LogP contribution in [0.25, 0.3) is 11.0 Å². The van der Waals surface area contributed by atoms with E-state index in [2.05, 4.69) is 10.8 Å². The van der Waals surface area contributed by atoms with Gasteiger partial charge in [-0.3, -0.25) is 24.0 Å². The van der Waals surface area contributed by atoms with Crippen LogP contribution < -0.4 is 15.5 Å². The summed E-state index contributed by atoms with van der Waals surface area (Å²) in [5, 5.41) is 3.69. The summed E-state index contributed by atoms with van der Waals surface area (Å²) >= 11 is 0. The monoisotopic (exact) mass is 669 g/mol. The number of esters is 3. The molecule has 1 aliphatic rings. The molecule has 48 heavy (non-hydrogen) atoms. The minimum absolute atomic E-state index is 0.149. The molecule has 0 aliphatic carbocycles. The van der Waals surface area contributed by atoms with E-state index in [1.807, 2.05) is 43.3 Å². The van der Waals surface area contributed by atoms with Crippen LogP contribution in [0.1, 0.15) is 54.2 Å². The quantitative estimate of drug-likeness (QED) is 0.117. The molecule has 0 radical (unpaired) electrons. The molecule has 0 spiro atoms. The van der Waals surface area contributed by atoms with Crippen molar-refractivity contribution < 1.29 is 56.9 Å². The van der Waals surface area contributed by atoms with Crippen LogP contribution in [-0.4, -0.2) is 92.6 Å².